The minimum Gasteiger partial charge on any atom is -0.455 e. The molecule has 0 aliphatic heterocycles. The van der Waals surface area contributed by atoms with Gasteiger partial charge in [-0.25, -0.2) is 8.42 Å². The van der Waals surface area contributed by atoms with Crippen molar-refractivity contribution < 1.29 is 13.2 Å². The second-order valence-electron chi connectivity index (χ2n) is 4.61. The van der Waals surface area contributed by atoms with Crippen molar-refractivity contribution in [2.75, 3.05) is 4.72 Å². The van der Waals surface area contributed by atoms with E-state index in [1.54, 1.807) is 38.1 Å². The maximum atomic E-state index is 11.9. The van der Waals surface area contributed by atoms with Gasteiger partial charge in [0, 0.05) is 0 Å². The molecule has 2 rings (SSSR count). The summed E-state index contributed by atoms with van der Waals surface area (Å²) in [5.41, 5.74) is 0.435. The third-order valence-corrected chi connectivity index (χ3v) is 4.48. The van der Waals surface area contributed by atoms with Gasteiger partial charge >= 0.3 is 0 Å². The Hall–Kier alpha value is -2.01. The van der Waals surface area contributed by atoms with Gasteiger partial charge in [0.1, 0.15) is 5.75 Å². The van der Waals surface area contributed by atoms with E-state index >= 15 is 0 Å². The lowest BCUT2D eigenvalue weighted by Gasteiger charge is -2.14. The van der Waals surface area contributed by atoms with Crippen molar-refractivity contribution in [3.63, 3.8) is 0 Å². The summed E-state index contributed by atoms with van der Waals surface area (Å²) in [4.78, 5) is 0. The summed E-state index contributed by atoms with van der Waals surface area (Å²) in [6.07, 6.45) is 0. The molecule has 0 spiro atoms. The second kappa shape index (κ2) is 5.96. The summed E-state index contributed by atoms with van der Waals surface area (Å²) >= 11 is 0. The summed E-state index contributed by atoms with van der Waals surface area (Å²) in [6.45, 7) is 3.26. The average Bonchev–Trinajstić information content (AvgIpc) is 2.42. The molecule has 0 amide bonds. The lowest BCUT2D eigenvalue weighted by Crippen LogP contribution is -2.22. The van der Waals surface area contributed by atoms with Gasteiger partial charge in [0.15, 0.2) is 5.75 Å². The van der Waals surface area contributed by atoms with Gasteiger partial charge in [0.05, 0.1) is 10.9 Å². The molecule has 0 bridgehead atoms. The topological polar surface area (TPSA) is 55.4 Å². The van der Waals surface area contributed by atoms with Gasteiger partial charge < -0.3 is 4.74 Å². The Labute approximate surface area is 119 Å². The van der Waals surface area contributed by atoms with Crippen LogP contribution >= 0.6 is 0 Å². The zero-order valence-electron chi connectivity index (χ0n) is 11.4. The maximum absolute atomic E-state index is 11.9. The van der Waals surface area contributed by atoms with Crippen LogP contribution in [0.5, 0.6) is 11.5 Å². The summed E-state index contributed by atoms with van der Waals surface area (Å²) in [5.74, 6) is 1.13. The number of benzene rings is 2. The zero-order chi connectivity index (χ0) is 14.6. The van der Waals surface area contributed by atoms with E-state index in [4.69, 9.17) is 4.74 Å². The molecule has 4 nitrogen and oxygen atoms in total. The molecule has 106 valence electrons. The van der Waals surface area contributed by atoms with Crippen molar-refractivity contribution in [1.29, 1.82) is 0 Å². The Morgan fingerprint density at radius 2 is 1.55 bits per heavy atom. The van der Waals surface area contributed by atoms with Crippen LogP contribution in [0.25, 0.3) is 0 Å². The van der Waals surface area contributed by atoms with Crippen molar-refractivity contribution in [3.05, 3.63) is 54.6 Å². The van der Waals surface area contributed by atoms with Crippen LogP contribution in [0, 0.1) is 0 Å². The first-order valence-corrected chi connectivity index (χ1v) is 7.87. The van der Waals surface area contributed by atoms with Gasteiger partial charge in [-0.2, -0.15) is 0 Å². The van der Waals surface area contributed by atoms with E-state index < -0.39 is 15.3 Å². The highest BCUT2D eigenvalue weighted by atomic mass is 32.2. The minimum atomic E-state index is -3.40. The van der Waals surface area contributed by atoms with Crippen LogP contribution in [0.15, 0.2) is 54.6 Å². The molecular formula is C15H17NO3S. The molecule has 0 saturated heterocycles. The lowest BCUT2D eigenvalue weighted by molar-refractivity contribution is 0.485. The monoisotopic (exact) mass is 291 g/mol. The number of ether oxygens (including phenoxy) is 1. The number of hydrogen-bond donors (Lipinski definition) is 1. The third-order valence-electron chi connectivity index (χ3n) is 2.73. The highest BCUT2D eigenvalue weighted by Crippen LogP contribution is 2.30. The molecule has 1 N–H and O–H groups in total. The minimum absolute atomic E-state index is 0.435. The predicted molar refractivity (Wildman–Crippen MR) is 80.6 cm³/mol. The Morgan fingerprint density at radius 3 is 2.20 bits per heavy atom. The molecule has 20 heavy (non-hydrogen) atoms. The SMILES string of the molecule is CC(C)S(=O)(=O)Nc1ccccc1Oc1ccccc1. The Balaban J connectivity index is 2.27. The Bertz CT molecular complexity index is 667. The summed E-state index contributed by atoms with van der Waals surface area (Å²) in [5, 5.41) is -0.507. The van der Waals surface area contributed by atoms with E-state index in [2.05, 4.69) is 4.72 Å². The van der Waals surface area contributed by atoms with Crippen LogP contribution in [-0.4, -0.2) is 13.7 Å². The van der Waals surface area contributed by atoms with E-state index in [0.29, 0.717) is 17.2 Å². The largest absolute Gasteiger partial charge is 0.455 e. The molecule has 0 radical (unpaired) electrons. The highest BCUT2D eigenvalue weighted by Gasteiger charge is 2.17. The molecular weight excluding hydrogens is 274 g/mol. The summed E-state index contributed by atoms with van der Waals surface area (Å²) in [7, 11) is -3.40. The van der Waals surface area contributed by atoms with Gasteiger partial charge in [-0.15, -0.1) is 0 Å². The standard InChI is InChI=1S/C15H17NO3S/c1-12(2)20(17,18)16-14-10-6-7-11-15(14)19-13-8-4-3-5-9-13/h3-12,16H,1-2H3. The van der Waals surface area contributed by atoms with Crippen molar-refractivity contribution in [2.45, 2.75) is 19.1 Å². The van der Waals surface area contributed by atoms with E-state index in [0.717, 1.165) is 0 Å². The van der Waals surface area contributed by atoms with Gasteiger partial charge in [-0.05, 0) is 38.1 Å². The number of rotatable bonds is 5. The van der Waals surface area contributed by atoms with Crippen LogP contribution in [0.1, 0.15) is 13.8 Å². The number of para-hydroxylation sites is 3. The second-order valence-corrected chi connectivity index (χ2v) is 6.84. The van der Waals surface area contributed by atoms with Crippen molar-refractivity contribution >= 4 is 15.7 Å². The number of nitrogens with one attached hydrogen (secondary N) is 1. The van der Waals surface area contributed by atoms with Gasteiger partial charge in [0.2, 0.25) is 10.0 Å². The summed E-state index contributed by atoms with van der Waals surface area (Å²) < 4.78 is 32.1. The number of sulfonamides is 1. The maximum Gasteiger partial charge on any atom is 0.235 e. The number of anilines is 1. The number of hydrogen-bond acceptors (Lipinski definition) is 3. The smallest absolute Gasteiger partial charge is 0.235 e. The normalized spacial score (nSPS) is 11.3. The molecule has 0 saturated carbocycles. The van der Waals surface area contributed by atoms with Crippen LogP contribution in [0.3, 0.4) is 0 Å². The highest BCUT2D eigenvalue weighted by molar-refractivity contribution is 7.93. The van der Waals surface area contributed by atoms with E-state index in [1.165, 1.54) is 0 Å². The molecule has 0 atom stereocenters. The quantitative estimate of drug-likeness (QED) is 0.915. The molecule has 5 heteroatoms. The van der Waals surface area contributed by atoms with Crippen LogP contribution in [0.2, 0.25) is 0 Å². The molecule has 0 unspecified atom stereocenters. The van der Waals surface area contributed by atoms with Crippen molar-refractivity contribution in [1.82, 2.24) is 0 Å². The first-order chi connectivity index (χ1) is 9.49. The van der Waals surface area contributed by atoms with E-state index in [-0.39, 0.29) is 0 Å². The average molecular weight is 291 g/mol. The molecule has 0 aliphatic rings. The van der Waals surface area contributed by atoms with E-state index in [9.17, 15) is 8.42 Å². The first-order valence-electron chi connectivity index (χ1n) is 6.32. The molecule has 0 fully saturated rings. The van der Waals surface area contributed by atoms with Crippen LogP contribution < -0.4 is 9.46 Å². The zero-order valence-corrected chi connectivity index (χ0v) is 12.2. The van der Waals surface area contributed by atoms with Gasteiger partial charge in [-0.1, -0.05) is 30.3 Å². The molecule has 0 heterocycles. The third kappa shape index (κ3) is 3.51. The molecule has 0 aromatic heterocycles. The van der Waals surface area contributed by atoms with E-state index in [1.807, 2.05) is 30.3 Å². The van der Waals surface area contributed by atoms with Gasteiger partial charge in [-0.3, -0.25) is 4.72 Å². The van der Waals surface area contributed by atoms with Gasteiger partial charge in [0.25, 0.3) is 0 Å². The molecule has 2 aromatic carbocycles. The summed E-state index contributed by atoms with van der Waals surface area (Å²) in [6, 6.07) is 16.2. The van der Waals surface area contributed by atoms with Crippen molar-refractivity contribution in [2.24, 2.45) is 0 Å². The predicted octanol–water partition coefficient (Wildman–Crippen LogP) is 3.63. The fourth-order valence-corrected chi connectivity index (χ4v) is 2.24. The fraction of sp³-hybridized carbons (Fsp3) is 0.200. The van der Waals surface area contributed by atoms with Crippen molar-refractivity contribution in [3.8, 4) is 11.5 Å². The van der Waals surface area contributed by atoms with Crippen LogP contribution in [-0.2, 0) is 10.0 Å². The van der Waals surface area contributed by atoms with Crippen LogP contribution in [0.4, 0.5) is 5.69 Å². The molecule has 0 aliphatic carbocycles. The molecule has 2 aromatic rings. The Kier molecular flexibility index (Phi) is 4.29. The Morgan fingerprint density at radius 1 is 0.950 bits per heavy atom. The fourth-order valence-electron chi connectivity index (χ4n) is 1.53. The first kappa shape index (κ1) is 14.4. The lowest BCUT2D eigenvalue weighted by atomic mass is 10.3.